The van der Waals surface area contributed by atoms with Crippen LogP contribution in [0, 0.1) is 6.92 Å². The van der Waals surface area contributed by atoms with Crippen LogP contribution in [-0.4, -0.2) is 7.05 Å². The van der Waals surface area contributed by atoms with Gasteiger partial charge in [-0.15, -0.1) is 0 Å². The van der Waals surface area contributed by atoms with Crippen LogP contribution in [0.25, 0.3) is 0 Å². The highest BCUT2D eigenvalue weighted by molar-refractivity contribution is 5.32. The van der Waals surface area contributed by atoms with Gasteiger partial charge in [0, 0.05) is 5.56 Å². The van der Waals surface area contributed by atoms with Crippen LogP contribution in [0.3, 0.4) is 0 Å². The maximum absolute atomic E-state index is 5.11. The molecule has 0 aliphatic rings. The smallest absolute Gasteiger partial charge is 0.0953 e. The quantitative estimate of drug-likeness (QED) is 0.826. The van der Waals surface area contributed by atoms with Crippen LogP contribution in [0.1, 0.15) is 22.7 Å². The maximum atomic E-state index is 5.11. The molecule has 0 saturated carbocycles. The van der Waals surface area contributed by atoms with Gasteiger partial charge in [-0.2, -0.15) is 0 Å². The monoisotopic (exact) mass is 201 g/mol. The molecule has 0 aliphatic heterocycles. The van der Waals surface area contributed by atoms with Gasteiger partial charge in [-0.25, -0.2) is 0 Å². The van der Waals surface area contributed by atoms with Crippen molar-refractivity contribution >= 4 is 0 Å². The summed E-state index contributed by atoms with van der Waals surface area (Å²) in [6.45, 7) is 2.10. The lowest BCUT2D eigenvalue weighted by Gasteiger charge is -2.15. The molecule has 2 aromatic rings. The molecule has 1 aromatic heterocycles. The van der Waals surface area contributed by atoms with E-state index in [0.717, 1.165) is 5.56 Å². The summed E-state index contributed by atoms with van der Waals surface area (Å²) in [7, 11) is 1.96. The van der Waals surface area contributed by atoms with Gasteiger partial charge in [-0.3, -0.25) is 0 Å². The minimum atomic E-state index is 0.212. The average molecular weight is 201 g/mol. The molecule has 1 atom stereocenters. The van der Waals surface area contributed by atoms with Gasteiger partial charge < -0.3 is 9.73 Å². The fourth-order valence-electron chi connectivity index (χ4n) is 1.81. The number of hydrogen-bond donors (Lipinski definition) is 1. The molecular formula is C13H15NO. The third-order valence-corrected chi connectivity index (χ3v) is 2.54. The number of rotatable bonds is 3. The first-order valence-corrected chi connectivity index (χ1v) is 5.07. The summed E-state index contributed by atoms with van der Waals surface area (Å²) in [5.74, 6) is 0. The van der Waals surface area contributed by atoms with Crippen molar-refractivity contribution in [2.45, 2.75) is 13.0 Å². The topological polar surface area (TPSA) is 25.2 Å². The Balaban J connectivity index is 2.35. The van der Waals surface area contributed by atoms with Crippen molar-refractivity contribution in [3.05, 3.63) is 59.5 Å². The van der Waals surface area contributed by atoms with Crippen LogP contribution in [-0.2, 0) is 0 Å². The standard InChI is InChI=1S/C13H15NO/c1-10-4-3-5-11(8-10)13(14-2)12-6-7-15-9-12/h3-9,13-14H,1-2H3. The van der Waals surface area contributed by atoms with E-state index in [9.17, 15) is 0 Å². The number of nitrogens with one attached hydrogen (secondary N) is 1. The van der Waals surface area contributed by atoms with Gasteiger partial charge in [0.05, 0.1) is 18.6 Å². The van der Waals surface area contributed by atoms with E-state index in [4.69, 9.17) is 4.42 Å². The largest absolute Gasteiger partial charge is 0.472 e. The van der Waals surface area contributed by atoms with Gasteiger partial charge in [-0.05, 0) is 25.6 Å². The van der Waals surface area contributed by atoms with Gasteiger partial charge in [0.1, 0.15) is 0 Å². The zero-order valence-corrected chi connectivity index (χ0v) is 9.03. The molecule has 1 aromatic carbocycles. The third kappa shape index (κ3) is 2.10. The summed E-state index contributed by atoms with van der Waals surface area (Å²) in [5, 5.41) is 3.29. The molecule has 1 heterocycles. The second-order valence-electron chi connectivity index (χ2n) is 3.69. The van der Waals surface area contributed by atoms with Gasteiger partial charge in [0.2, 0.25) is 0 Å². The highest BCUT2D eigenvalue weighted by Crippen LogP contribution is 2.22. The fraction of sp³-hybridized carbons (Fsp3) is 0.231. The zero-order valence-electron chi connectivity index (χ0n) is 9.03. The summed E-state index contributed by atoms with van der Waals surface area (Å²) in [6, 6.07) is 10.7. The summed E-state index contributed by atoms with van der Waals surface area (Å²) in [4.78, 5) is 0. The van der Waals surface area contributed by atoms with Gasteiger partial charge in [-0.1, -0.05) is 29.8 Å². The van der Waals surface area contributed by atoms with Gasteiger partial charge >= 0.3 is 0 Å². The van der Waals surface area contributed by atoms with Gasteiger partial charge in [0.15, 0.2) is 0 Å². The highest BCUT2D eigenvalue weighted by Gasteiger charge is 2.12. The van der Waals surface area contributed by atoms with Crippen LogP contribution in [0.4, 0.5) is 0 Å². The lowest BCUT2D eigenvalue weighted by atomic mass is 10.00. The Morgan fingerprint density at radius 2 is 2.07 bits per heavy atom. The molecule has 0 spiro atoms. The van der Waals surface area contributed by atoms with E-state index in [2.05, 4.69) is 36.5 Å². The second kappa shape index (κ2) is 4.32. The van der Waals surface area contributed by atoms with Crippen molar-refractivity contribution in [1.82, 2.24) is 5.32 Å². The lowest BCUT2D eigenvalue weighted by Crippen LogP contribution is -2.16. The van der Waals surface area contributed by atoms with Crippen LogP contribution in [0.15, 0.2) is 47.3 Å². The summed E-state index contributed by atoms with van der Waals surface area (Å²) >= 11 is 0. The minimum absolute atomic E-state index is 0.212. The Kier molecular flexibility index (Phi) is 2.88. The molecule has 1 unspecified atom stereocenters. The first kappa shape index (κ1) is 9.99. The van der Waals surface area contributed by atoms with Crippen LogP contribution < -0.4 is 5.32 Å². The van der Waals surface area contributed by atoms with Crippen molar-refractivity contribution in [1.29, 1.82) is 0 Å². The Hall–Kier alpha value is -1.54. The number of aryl methyl sites for hydroxylation is 1. The molecule has 0 amide bonds. The predicted octanol–water partition coefficient (Wildman–Crippen LogP) is 2.90. The molecule has 0 radical (unpaired) electrons. The summed E-state index contributed by atoms with van der Waals surface area (Å²) < 4.78 is 5.11. The molecule has 0 saturated heterocycles. The molecule has 1 N–H and O–H groups in total. The normalized spacial score (nSPS) is 12.7. The maximum Gasteiger partial charge on any atom is 0.0953 e. The SMILES string of the molecule is CNC(c1ccoc1)c1cccc(C)c1. The Labute approximate surface area is 89.9 Å². The number of hydrogen-bond acceptors (Lipinski definition) is 2. The molecular weight excluding hydrogens is 186 g/mol. The summed E-state index contributed by atoms with van der Waals surface area (Å²) in [6.07, 6.45) is 3.49. The molecule has 0 bridgehead atoms. The number of furan rings is 1. The molecule has 15 heavy (non-hydrogen) atoms. The van der Waals surface area contributed by atoms with E-state index < -0.39 is 0 Å². The van der Waals surface area contributed by atoms with E-state index in [1.54, 1.807) is 12.5 Å². The van der Waals surface area contributed by atoms with E-state index in [-0.39, 0.29) is 6.04 Å². The minimum Gasteiger partial charge on any atom is -0.472 e. The van der Waals surface area contributed by atoms with Crippen LogP contribution in [0.2, 0.25) is 0 Å². The van der Waals surface area contributed by atoms with E-state index >= 15 is 0 Å². The van der Waals surface area contributed by atoms with Crippen molar-refractivity contribution in [3.8, 4) is 0 Å². The molecule has 0 aliphatic carbocycles. The highest BCUT2D eigenvalue weighted by atomic mass is 16.3. The number of benzene rings is 1. The Bertz CT molecular complexity index is 420. The molecule has 2 rings (SSSR count). The van der Waals surface area contributed by atoms with E-state index in [1.807, 2.05) is 13.1 Å². The van der Waals surface area contributed by atoms with Crippen molar-refractivity contribution < 1.29 is 4.42 Å². The lowest BCUT2D eigenvalue weighted by molar-refractivity contribution is 0.557. The first-order chi connectivity index (χ1) is 7.31. The van der Waals surface area contributed by atoms with Crippen LogP contribution in [0.5, 0.6) is 0 Å². The van der Waals surface area contributed by atoms with E-state index in [1.165, 1.54) is 11.1 Å². The van der Waals surface area contributed by atoms with E-state index in [0.29, 0.717) is 0 Å². The predicted molar refractivity (Wildman–Crippen MR) is 60.8 cm³/mol. The Morgan fingerprint density at radius 3 is 2.67 bits per heavy atom. The second-order valence-corrected chi connectivity index (χ2v) is 3.69. The van der Waals surface area contributed by atoms with Crippen molar-refractivity contribution in [3.63, 3.8) is 0 Å². The fourth-order valence-corrected chi connectivity index (χ4v) is 1.81. The van der Waals surface area contributed by atoms with Crippen LogP contribution >= 0.6 is 0 Å². The third-order valence-electron chi connectivity index (χ3n) is 2.54. The zero-order chi connectivity index (χ0) is 10.7. The first-order valence-electron chi connectivity index (χ1n) is 5.07. The average Bonchev–Trinajstić information content (AvgIpc) is 2.72. The Morgan fingerprint density at radius 1 is 1.20 bits per heavy atom. The van der Waals surface area contributed by atoms with Crippen molar-refractivity contribution in [2.24, 2.45) is 0 Å². The molecule has 2 heteroatoms. The van der Waals surface area contributed by atoms with Gasteiger partial charge in [0.25, 0.3) is 0 Å². The molecule has 2 nitrogen and oxygen atoms in total. The van der Waals surface area contributed by atoms with Crippen molar-refractivity contribution in [2.75, 3.05) is 7.05 Å². The molecule has 78 valence electrons. The molecule has 0 fully saturated rings. The summed E-state index contributed by atoms with van der Waals surface area (Å²) in [5.41, 5.74) is 3.69.